The molecule has 0 aromatic heterocycles. The number of nitrogens with zero attached hydrogens (tertiary/aromatic N) is 3. The van der Waals surface area contributed by atoms with Gasteiger partial charge in [-0.15, -0.1) is 0 Å². The van der Waals surface area contributed by atoms with Crippen LogP contribution < -0.4 is 0 Å². The van der Waals surface area contributed by atoms with E-state index in [-0.39, 0.29) is 10.8 Å². The molecule has 0 spiro atoms. The van der Waals surface area contributed by atoms with E-state index in [2.05, 4.69) is 29.9 Å². The Labute approximate surface area is 137 Å². The van der Waals surface area contributed by atoms with E-state index >= 15 is 0 Å². The molecule has 4 rings (SSSR count). The molecule has 23 heavy (non-hydrogen) atoms. The molecule has 0 N–H and O–H groups in total. The van der Waals surface area contributed by atoms with Crippen LogP contribution in [0.2, 0.25) is 0 Å². The van der Waals surface area contributed by atoms with Crippen molar-refractivity contribution in [1.29, 1.82) is 0 Å². The Morgan fingerprint density at radius 3 is 2.78 bits per heavy atom. The van der Waals surface area contributed by atoms with Crippen LogP contribution in [0, 0.1) is 28.6 Å². The van der Waals surface area contributed by atoms with Crippen molar-refractivity contribution in [2.45, 2.75) is 58.8 Å². The molecule has 4 aliphatic rings. The van der Waals surface area contributed by atoms with Crippen LogP contribution in [0.4, 0.5) is 0 Å². The second-order valence-electron chi connectivity index (χ2n) is 8.44. The van der Waals surface area contributed by atoms with Gasteiger partial charge in [-0.25, -0.2) is 0 Å². The number of carbonyl (C=O) groups is 1. The van der Waals surface area contributed by atoms with E-state index in [1.807, 2.05) is 6.08 Å². The fraction of sp³-hybridized carbons (Fsp3) is 0.737. The van der Waals surface area contributed by atoms with Gasteiger partial charge in [-0.2, -0.15) is 0 Å². The SMILES string of the molecule is C[C@]12CCC(=O)C=C1CCC1[C@H]2CC[C@]2(C)C(N=[N+]=[N-])=CC[C@H]12. The lowest BCUT2D eigenvalue weighted by atomic mass is 9.47. The van der Waals surface area contributed by atoms with Crippen molar-refractivity contribution in [3.05, 3.63) is 33.9 Å². The number of fused-ring (bicyclic) bond motifs is 5. The zero-order chi connectivity index (χ0) is 16.2. The summed E-state index contributed by atoms with van der Waals surface area (Å²) in [5, 5.41) is 4.01. The third-order valence-electron chi connectivity index (χ3n) is 7.65. The van der Waals surface area contributed by atoms with Gasteiger partial charge in [-0.05, 0) is 78.7 Å². The maximum Gasteiger partial charge on any atom is 0.155 e. The Bertz CT molecular complexity index is 672. The number of azide groups is 1. The summed E-state index contributed by atoms with van der Waals surface area (Å²) in [7, 11) is 0. The van der Waals surface area contributed by atoms with Gasteiger partial charge in [0.25, 0.3) is 0 Å². The van der Waals surface area contributed by atoms with E-state index in [1.165, 1.54) is 18.4 Å². The van der Waals surface area contributed by atoms with Gasteiger partial charge in [0.2, 0.25) is 0 Å². The molecule has 0 bridgehead atoms. The predicted molar refractivity (Wildman–Crippen MR) is 89.3 cm³/mol. The Morgan fingerprint density at radius 1 is 1.17 bits per heavy atom. The summed E-state index contributed by atoms with van der Waals surface area (Å²) in [4.78, 5) is 14.9. The van der Waals surface area contributed by atoms with Crippen LogP contribution in [0.25, 0.3) is 10.4 Å². The number of allylic oxidation sites excluding steroid dienone is 4. The lowest BCUT2D eigenvalue weighted by Gasteiger charge is -2.57. The van der Waals surface area contributed by atoms with E-state index in [9.17, 15) is 4.79 Å². The third-order valence-corrected chi connectivity index (χ3v) is 7.65. The maximum atomic E-state index is 11.8. The Hall–Kier alpha value is -1.54. The van der Waals surface area contributed by atoms with Crippen LogP contribution in [-0.2, 0) is 4.79 Å². The standard InChI is InChI=1S/C19H25N3O/c1-18-9-7-13(23)11-12(18)3-4-14-15-5-6-17(21-22-20)19(15,2)10-8-16(14)18/h6,11,14-16H,3-5,7-10H2,1-2H3/t14?,15-,16-,18+,19+/m1/s1. The van der Waals surface area contributed by atoms with Crippen molar-refractivity contribution in [1.82, 2.24) is 0 Å². The minimum absolute atomic E-state index is 0.0649. The highest BCUT2D eigenvalue weighted by molar-refractivity contribution is 5.91. The fourth-order valence-electron chi connectivity index (χ4n) is 6.31. The first-order valence-corrected chi connectivity index (χ1v) is 8.98. The Balaban J connectivity index is 1.68. The highest BCUT2D eigenvalue weighted by Gasteiger charge is 2.56. The molecular formula is C19H25N3O. The van der Waals surface area contributed by atoms with Crippen LogP contribution in [0.15, 0.2) is 28.5 Å². The van der Waals surface area contributed by atoms with Crippen LogP contribution in [-0.4, -0.2) is 5.78 Å². The molecule has 5 atom stereocenters. The number of rotatable bonds is 1. The summed E-state index contributed by atoms with van der Waals surface area (Å²) in [6, 6.07) is 0. The lowest BCUT2D eigenvalue weighted by Crippen LogP contribution is -2.49. The minimum Gasteiger partial charge on any atom is -0.295 e. The van der Waals surface area contributed by atoms with Gasteiger partial charge in [0.1, 0.15) is 0 Å². The molecule has 122 valence electrons. The average Bonchev–Trinajstić information content (AvgIpc) is 2.85. The van der Waals surface area contributed by atoms with Crippen molar-refractivity contribution in [3.8, 4) is 0 Å². The van der Waals surface area contributed by atoms with Gasteiger partial charge < -0.3 is 0 Å². The van der Waals surface area contributed by atoms with Crippen LogP contribution in [0.5, 0.6) is 0 Å². The molecule has 0 aromatic carbocycles. The predicted octanol–water partition coefficient (Wildman–Crippen LogP) is 5.32. The summed E-state index contributed by atoms with van der Waals surface area (Å²) >= 11 is 0. The first-order valence-electron chi connectivity index (χ1n) is 8.98. The molecule has 2 fully saturated rings. The molecule has 4 heteroatoms. The first-order chi connectivity index (χ1) is 11.0. The maximum absolute atomic E-state index is 11.8. The third kappa shape index (κ3) is 1.97. The summed E-state index contributed by atoms with van der Waals surface area (Å²) in [6.07, 6.45) is 11.5. The van der Waals surface area contributed by atoms with Gasteiger partial charge in [0, 0.05) is 17.0 Å². The van der Waals surface area contributed by atoms with Crippen molar-refractivity contribution in [2.75, 3.05) is 0 Å². The van der Waals surface area contributed by atoms with Crippen molar-refractivity contribution < 1.29 is 4.79 Å². The van der Waals surface area contributed by atoms with Crippen molar-refractivity contribution in [2.24, 2.45) is 33.7 Å². The van der Waals surface area contributed by atoms with Crippen LogP contribution in [0.3, 0.4) is 0 Å². The highest BCUT2D eigenvalue weighted by Crippen LogP contribution is 2.65. The van der Waals surface area contributed by atoms with E-state index < -0.39 is 0 Å². The highest BCUT2D eigenvalue weighted by atomic mass is 16.1. The molecule has 0 aromatic rings. The van der Waals surface area contributed by atoms with Crippen LogP contribution >= 0.6 is 0 Å². The average molecular weight is 311 g/mol. The zero-order valence-corrected chi connectivity index (χ0v) is 14.1. The first kappa shape index (κ1) is 15.0. The number of ketones is 1. The van der Waals surface area contributed by atoms with E-state index in [0.717, 1.165) is 31.4 Å². The molecule has 0 heterocycles. The molecule has 2 saturated carbocycles. The topological polar surface area (TPSA) is 65.8 Å². The van der Waals surface area contributed by atoms with Crippen molar-refractivity contribution >= 4 is 5.78 Å². The van der Waals surface area contributed by atoms with Gasteiger partial charge in [0.05, 0.1) is 0 Å². The van der Waals surface area contributed by atoms with E-state index in [1.54, 1.807) is 0 Å². The van der Waals surface area contributed by atoms with Crippen LogP contribution in [0.1, 0.15) is 58.8 Å². The lowest BCUT2D eigenvalue weighted by molar-refractivity contribution is -0.117. The summed E-state index contributed by atoms with van der Waals surface area (Å²) < 4.78 is 0. The molecule has 0 aliphatic heterocycles. The Morgan fingerprint density at radius 2 is 2.00 bits per heavy atom. The summed E-state index contributed by atoms with van der Waals surface area (Å²) in [6.45, 7) is 4.71. The second kappa shape index (κ2) is 4.98. The fourth-order valence-corrected chi connectivity index (χ4v) is 6.31. The minimum atomic E-state index is 0.0649. The molecule has 4 nitrogen and oxygen atoms in total. The number of carbonyl (C=O) groups excluding carboxylic acids is 1. The molecule has 0 saturated heterocycles. The van der Waals surface area contributed by atoms with Crippen molar-refractivity contribution in [3.63, 3.8) is 0 Å². The summed E-state index contributed by atoms with van der Waals surface area (Å²) in [5.41, 5.74) is 11.5. The van der Waals surface area contributed by atoms with Gasteiger partial charge in [0.15, 0.2) is 5.78 Å². The monoisotopic (exact) mass is 311 g/mol. The molecule has 0 radical (unpaired) electrons. The van der Waals surface area contributed by atoms with Gasteiger partial charge >= 0.3 is 0 Å². The number of hydrogen-bond acceptors (Lipinski definition) is 2. The van der Waals surface area contributed by atoms with E-state index in [0.29, 0.717) is 30.0 Å². The van der Waals surface area contributed by atoms with Gasteiger partial charge in [-0.3, -0.25) is 4.79 Å². The smallest absolute Gasteiger partial charge is 0.155 e. The number of hydrogen-bond donors (Lipinski definition) is 0. The zero-order valence-electron chi connectivity index (χ0n) is 14.1. The van der Waals surface area contributed by atoms with E-state index in [4.69, 9.17) is 5.53 Å². The largest absolute Gasteiger partial charge is 0.295 e. The molecule has 4 aliphatic carbocycles. The molecule has 1 unspecified atom stereocenters. The normalized spacial score (nSPS) is 45.1. The van der Waals surface area contributed by atoms with Gasteiger partial charge in [-0.1, -0.05) is 30.6 Å². The Kier molecular flexibility index (Phi) is 3.25. The second-order valence-corrected chi connectivity index (χ2v) is 8.44. The molecule has 0 amide bonds. The molecular weight excluding hydrogens is 286 g/mol. The summed E-state index contributed by atoms with van der Waals surface area (Å²) in [5.74, 6) is 2.32. The quantitative estimate of drug-likeness (QED) is 0.367.